The van der Waals surface area contributed by atoms with Crippen LogP contribution >= 0.6 is 7.82 Å². The van der Waals surface area contributed by atoms with Crippen molar-refractivity contribution in [3.05, 3.63) is 24.3 Å². The number of phosphoric acid groups is 1. The topological polar surface area (TPSA) is 114 Å². The number of quaternary nitrogens is 1. The summed E-state index contributed by atoms with van der Waals surface area (Å²) in [5.41, 5.74) is 0. The van der Waals surface area contributed by atoms with Gasteiger partial charge in [-0.2, -0.15) is 0 Å². The van der Waals surface area contributed by atoms with Crippen molar-refractivity contribution in [3.63, 3.8) is 0 Å². The number of carbonyl (C=O) groups is 2. The molecular formula is C64H125N2O7P. The monoisotopic (exact) mass is 1060 g/mol. The van der Waals surface area contributed by atoms with E-state index in [1.807, 2.05) is 33.3 Å². The second-order valence-corrected chi connectivity index (χ2v) is 24.7. The maximum Gasteiger partial charge on any atom is 0.306 e. The van der Waals surface area contributed by atoms with Crippen molar-refractivity contribution in [1.82, 2.24) is 5.32 Å². The Morgan fingerprint density at radius 1 is 0.459 bits per heavy atom. The molecule has 0 saturated heterocycles. The molecule has 0 fully saturated rings. The Hall–Kier alpha value is -1.51. The lowest BCUT2D eigenvalue weighted by atomic mass is 10.0. The molecule has 0 aromatic rings. The van der Waals surface area contributed by atoms with Crippen molar-refractivity contribution in [2.75, 3.05) is 40.9 Å². The molecule has 0 aliphatic carbocycles. The van der Waals surface area contributed by atoms with Crippen LogP contribution in [0.1, 0.15) is 323 Å². The molecule has 0 aromatic heterocycles. The van der Waals surface area contributed by atoms with Gasteiger partial charge in [-0.3, -0.25) is 14.2 Å². The zero-order chi connectivity index (χ0) is 54.3. The first kappa shape index (κ1) is 72.5. The minimum absolute atomic E-state index is 0.0185. The lowest BCUT2D eigenvalue weighted by molar-refractivity contribution is -0.870. The largest absolute Gasteiger partial charge is 0.756 e. The molecule has 1 N–H and O–H groups in total. The number of nitrogens with one attached hydrogen (secondary N) is 1. The molecular weight excluding hydrogens is 940 g/mol. The van der Waals surface area contributed by atoms with E-state index in [0.29, 0.717) is 17.4 Å². The summed E-state index contributed by atoms with van der Waals surface area (Å²) in [6.45, 7) is 6.89. The zero-order valence-electron chi connectivity index (χ0n) is 50.1. The average molecular weight is 1070 g/mol. The van der Waals surface area contributed by atoms with Gasteiger partial charge in [0.1, 0.15) is 19.3 Å². The fourth-order valence-corrected chi connectivity index (χ4v) is 10.4. The molecule has 0 heterocycles. The zero-order valence-corrected chi connectivity index (χ0v) is 51.0. The molecule has 0 aromatic carbocycles. The minimum Gasteiger partial charge on any atom is -0.756 e. The highest BCUT2D eigenvalue weighted by Gasteiger charge is 2.27. The first-order chi connectivity index (χ1) is 35.9. The Morgan fingerprint density at radius 2 is 0.784 bits per heavy atom. The summed E-state index contributed by atoms with van der Waals surface area (Å²) in [6.07, 6.45) is 64.2. The van der Waals surface area contributed by atoms with Crippen LogP contribution in [0.3, 0.4) is 0 Å². The van der Waals surface area contributed by atoms with E-state index in [4.69, 9.17) is 13.8 Å². The highest BCUT2D eigenvalue weighted by molar-refractivity contribution is 7.45. The van der Waals surface area contributed by atoms with Gasteiger partial charge in [0, 0.05) is 12.8 Å². The van der Waals surface area contributed by atoms with Crippen LogP contribution in [-0.2, 0) is 27.9 Å². The Labute approximate surface area is 460 Å². The number of esters is 1. The van der Waals surface area contributed by atoms with Gasteiger partial charge in [-0.25, -0.2) is 0 Å². The van der Waals surface area contributed by atoms with Gasteiger partial charge in [-0.05, 0) is 57.4 Å². The van der Waals surface area contributed by atoms with E-state index in [1.54, 1.807) is 0 Å². The van der Waals surface area contributed by atoms with E-state index in [0.717, 1.165) is 57.8 Å². The van der Waals surface area contributed by atoms with Gasteiger partial charge >= 0.3 is 5.97 Å². The van der Waals surface area contributed by atoms with Crippen molar-refractivity contribution in [2.24, 2.45) is 0 Å². The number of allylic oxidation sites excluding steroid dienone is 3. The Morgan fingerprint density at radius 3 is 1.15 bits per heavy atom. The quantitative estimate of drug-likeness (QED) is 0.0212. The number of unbranched alkanes of at least 4 members (excludes halogenated alkanes) is 41. The summed E-state index contributed by atoms with van der Waals surface area (Å²) >= 11 is 0. The van der Waals surface area contributed by atoms with Crippen molar-refractivity contribution < 1.29 is 37.3 Å². The maximum absolute atomic E-state index is 13.5. The number of hydrogen-bond donors (Lipinski definition) is 1. The molecule has 0 spiro atoms. The molecule has 3 atom stereocenters. The first-order valence-electron chi connectivity index (χ1n) is 32.1. The number of likely N-dealkylation sites (N-methyl/N-ethyl adjacent to an activating group) is 1. The molecule has 3 unspecified atom stereocenters. The Kier molecular flexibility index (Phi) is 53.7. The summed E-state index contributed by atoms with van der Waals surface area (Å²) < 4.78 is 30.4. The molecule has 74 heavy (non-hydrogen) atoms. The highest BCUT2D eigenvalue weighted by atomic mass is 31.2. The van der Waals surface area contributed by atoms with Gasteiger partial charge in [-0.1, -0.05) is 277 Å². The van der Waals surface area contributed by atoms with E-state index < -0.39 is 20.0 Å². The van der Waals surface area contributed by atoms with Crippen LogP contribution in [0.5, 0.6) is 0 Å². The minimum atomic E-state index is -4.69. The van der Waals surface area contributed by atoms with E-state index in [1.165, 1.54) is 231 Å². The third kappa shape index (κ3) is 55.3. The summed E-state index contributed by atoms with van der Waals surface area (Å²) in [5, 5.41) is 3.04. The number of nitrogens with zero attached hydrogens (tertiary/aromatic N) is 1. The van der Waals surface area contributed by atoms with Crippen molar-refractivity contribution in [3.8, 4) is 0 Å². The number of ether oxygens (including phenoxy) is 1. The van der Waals surface area contributed by atoms with E-state index in [9.17, 15) is 19.0 Å². The molecule has 10 heteroatoms. The van der Waals surface area contributed by atoms with E-state index in [-0.39, 0.29) is 31.5 Å². The molecule has 438 valence electrons. The number of hydrogen-bond acceptors (Lipinski definition) is 7. The predicted octanol–water partition coefficient (Wildman–Crippen LogP) is 19.1. The van der Waals surface area contributed by atoms with Gasteiger partial charge < -0.3 is 28.5 Å². The van der Waals surface area contributed by atoms with Gasteiger partial charge in [-0.15, -0.1) is 0 Å². The second-order valence-electron chi connectivity index (χ2n) is 23.3. The van der Waals surface area contributed by atoms with E-state index >= 15 is 0 Å². The van der Waals surface area contributed by atoms with Crippen LogP contribution in [0.25, 0.3) is 0 Å². The number of phosphoric ester groups is 1. The van der Waals surface area contributed by atoms with Gasteiger partial charge in [0.25, 0.3) is 7.82 Å². The Balaban J connectivity index is 5.18. The summed E-state index contributed by atoms with van der Waals surface area (Å²) in [5.74, 6) is -0.524. The van der Waals surface area contributed by atoms with Crippen molar-refractivity contribution >= 4 is 19.7 Å². The average Bonchev–Trinajstić information content (AvgIpc) is 3.36. The van der Waals surface area contributed by atoms with Crippen LogP contribution in [0.2, 0.25) is 0 Å². The van der Waals surface area contributed by atoms with Gasteiger partial charge in [0.05, 0.1) is 33.8 Å². The molecule has 0 aliphatic heterocycles. The van der Waals surface area contributed by atoms with Crippen LogP contribution in [0.4, 0.5) is 0 Å². The fourth-order valence-electron chi connectivity index (χ4n) is 9.64. The van der Waals surface area contributed by atoms with Crippen molar-refractivity contribution in [1.29, 1.82) is 0 Å². The lowest BCUT2D eigenvalue weighted by Crippen LogP contribution is -2.47. The van der Waals surface area contributed by atoms with E-state index in [2.05, 4.69) is 38.2 Å². The standard InChI is InChI=1S/C64H125N2O7P/c1-7-10-13-16-19-22-25-28-30-31-32-33-34-35-36-39-42-45-48-51-54-57-64(68)73-62(55-52-49-46-43-40-37-27-24-21-18-15-12-9-3)61(60-72-74(69,70)71-59-58-66(4,5)6)65-63(67)56-53-50-47-44-41-38-29-26-23-20-17-14-11-8-2/h28,30,52,55,61-62H,7-27,29,31-51,53-54,56-60H2,1-6H3,(H-,65,67,69,70)/b30-28+,55-52+. The SMILES string of the molecule is CCCCCCCC/C=C/CCCCCCCCCCCCCC(=O)OC(/C=C/CCCCCCCCCCCCC)C(COP(=O)([O-])OCC[N+](C)(C)C)NC(=O)CCCCCCCCCCCCCCCC. The third-order valence-electron chi connectivity index (χ3n) is 14.6. The maximum atomic E-state index is 13.5. The van der Waals surface area contributed by atoms with Gasteiger partial charge in [0.15, 0.2) is 0 Å². The fraction of sp³-hybridized carbons (Fsp3) is 0.906. The molecule has 0 radical (unpaired) electrons. The number of amides is 1. The number of carbonyl (C=O) groups excluding carboxylic acids is 2. The Bertz CT molecular complexity index is 1320. The van der Waals surface area contributed by atoms with Crippen LogP contribution < -0.4 is 10.2 Å². The smallest absolute Gasteiger partial charge is 0.306 e. The van der Waals surface area contributed by atoms with Crippen molar-refractivity contribution in [2.45, 2.75) is 335 Å². The van der Waals surface area contributed by atoms with Crippen LogP contribution in [-0.4, -0.2) is 69.4 Å². The highest BCUT2D eigenvalue weighted by Crippen LogP contribution is 2.38. The molecule has 0 aliphatic rings. The molecule has 9 nitrogen and oxygen atoms in total. The summed E-state index contributed by atoms with van der Waals surface area (Å²) in [7, 11) is 1.20. The third-order valence-corrected chi connectivity index (χ3v) is 15.6. The number of rotatable bonds is 59. The van der Waals surface area contributed by atoms with Crippen LogP contribution in [0, 0.1) is 0 Å². The molecule has 0 saturated carbocycles. The lowest BCUT2D eigenvalue weighted by Gasteiger charge is -2.30. The normalized spacial score (nSPS) is 13.8. The predicted molar refractivity (Wildman–Crippen MR) is 317 cm³/mol. The molecule has 0 bridgehead atoms. The second kappa shape index (κ2) is 54.8. The molecule has 0 rings (SSSR count). The van der Waals surface area contributed by atoms with Gasteiger partial charge in [0.2, 0.25) is 5.91 Å². The summed E-state index contributed by atoms with van der Waals surface area (Å²) in [6, 6.07) is -0.882. The summed E-state index contributed by atoms with van der Waals surface area (Å²) in [4.78, 5) is 40.0. The first-order valence-corrected chi connectivity index (χ1v) is 33.6. The van der Waals surface area contributed by atoms with Crippen LogP contribution in [0.15, 0.2) is 24.3 Å². The molecule has 1 amide bonds.